The minimum Gasteiger partial charge on any atom is -0.480 e. The van der Waals surface area contributed by atoms with Crippen molar-refractivity contribution in [3.63, 3.8) is 0 Å². The van der Waals surface area contributed by atoms with Crippen molar-refractivity contribution in [3.8, 4) is 5.75 Å². The molecule has 1 aromatic heterocycles. The molecular formula is C12H13N3O5. The van der Waals surface area contributed by atoms with Gasteiger partial charge in [-0.05, 0) is 12.1 Å². The van der Waals surface area contributed by atoms with Crippen molar-refractivity contribution in [2.75, 3.05) is 31.6 Å². The highest BCUT2D eigenvalue weighted by atomic mass is 16.5. The number of pyridine rings is 1. The quantitative estimate of drug-likeness (QED) is 0.786. The molecule has 0 fully saturated rings. The third-order valence-electron chi connectivity index (χ3n) is 2.75. The molecule has 8 heteroatoms. The molecule has 8 nitrogen and oxygen atoms in total. The van der Waals surface area contributed by atoms with E-state index in [-0.39, 0.29) is 19.0 Å². The first-order chi connectivity index (χ1) is 9.49. The molecule has 0 saturated carbocycles. The minimum atomic E-state index is -1.12. The molecule has 1 aliphatic heterocycles. The lowest BCUT2D eigenvalue weighted by Crippen LogP contribution is -2.46. The summed E-state index contributed by atoms with van der Waals surface area (Å²) in [5, 5.41) is 8.64. The van der Waals surface area contributed by atoms with Crippen LogP contribution < -0.4 is 9.64 Å². The molecule has 0 saturated heterocycles. The molecule has 0 radical (unpaired) electrons. The lowest BCUT2D eigenvalue weighted by atomic mass is 10.3. The van der Waals surface area contributed by atoms with Crippen LogP contribution >= 0.6 is 0 Å². The van der Waals surface area contributed by atoms with E-state index in [0.717, 1.165) is 4.90 Å². The van der Waals surface area contributed by atoms with Crippen molar-refractivity contribution >= 4 is 23.6 Å². The van der Waals surface area contributed by atoms with Gasteiger partial charge in [0.15, 0.2) is 18.2 Å². The van der Waals surface area contributed by atoms with E-state index in [1.54, 1.807) is 12.1 Å². The Morgan fingerprint density at radius 1 is 1.55 bits per heavy atom. The van der Waals surface area contributed by atoms with Gasteiger partial charge in [0, 0.05) is 13.2 Å². The van der Waals surface area contributed by atoms with E-state index in [1.165, 1.54) is 18.1 Å². The Balaban J connectivity index is 2.14. The van der Waals surface area contributed by atoms with Gasteiger partial charge in [0.25, 0.3) is 5.91 Å². The summed E-state index contributed by atoms with van der Waals surface area (Å²) in [6, 6.07) is 3.30. The predicted octanol–water partition coefficient (Wildman–Crippen LogP) is -0.650. The third-order valence-corrected chi connectivity index (χ3v) is 2.75. The first-order valence-electron chi connectivity index (χ1n) is 5.83. The third kappa shape index (κ3) is 2.85. The van der Waals surface area contributed by atoms with Crippen LogP contribution in [0, 0.1) is 0 Å². The molecule has 2 heterocycles. The summed E-state index contributed by atoms with van der Waals surface area (Å²) in [5.41, 5.74) is 0. The van der Waals surface area contributed by atoms with Crippen molar-refractivity contribution in [2.45, 2.75) is 0 Å². The largest absolute Gasteiger partial charge is 0.480 e. The first-order valence-corrected chi connectivity index (χ1v) is 5.83. The van der Waals surface area contributed by atoms with Crippen LogP contribution in [0.3, 0.4) is 0 Å². The minimum absolute atomic E-state index is 0.172. The van der Waals surface area contributed by atoms with E-state index >= 15 is 0 Å². The summed E-state index contributed by atoms with van der Waals surface area (Å²) in [4.78, 5) is 40.5. The summed E-state index contributed by atoms with van der Waals surface area (Å²) >= 11 is 0. The fourth-order valence-corrected chi connectivity index (χ4v) is 1.74. The lowest BCUT2D eigenvalue weighted by Gasteiger charge is -2.28. The number of amides is 2. The van der Waals surface area contributed by atoms with Crippen molar-refractivity contribution in [1.82, 2.24) is 9.88 Å². The highest BCUT2D eigenvalue weighted by molar-refractivity contribution is 6.01. The summed E-state index contributed by atoms with van der Waals surface area (Å²) in [7, 11) is 1.36. The maximum atomic E-state index is 11.9. The van der Waals surface area contributed by atoms with E-state index in [1.807, 2.05) is 0 Å². The summed E-state index contributed by atoms with van der Waals surface area (Å²) in [6.07, 6.45) is 1.49. The molecule has 1 N–H and O–H groups in total. The normalized spacial score (nSPS) is 13.4. The zero-order valence-electron chi connectivity index (χ0n) is 10.8. The van der Waals surface area contributed by atoms with Crippen LogP contribution in [0.25, 0.3) is 0 Å². The Bertz CT molecular complexity index is 560. The predicted molar refractivity (Wildman–Crippen MR) is 67.4 cm³/mol. The summed E-state index contributed by atoms with van der Waals surface area (Å²) in [6.45, 7) is -0.864. The van der Waals surface area contributed by atoms with Crippen LogP contribution in [-0.2, 0) is 14.4 Å². The molecular weight excluding hydrogens is 266 g/mol. The standard InChI is InChI=1S/C12H13N3O5/c1-14(6-11(18)19)9(16)5-15-10(17)7-20-8-3-2-4-13-12(8)15/h2-4H,5-7H2,1H3,(H,18,19). The topological polar surface area (TPSA) is 100 Å². The van der Waals surface area contributed by atoms with Crippen LogP contribution in [0.4, 0.5) is 5.82 Å². The number of anilines is 1. The van der Waals surface area contributed by atoms with Crippen molar-refractivity contribution in [2.24, 2.45) is 0 Å². The molecule has 0 bridgehead atoms. The SMILES string of the molecule is CN(CC(=O)O)C(=O)CN1C(=O)COc2cccnc21. The monoisotopic (exact) mass is 279 g/mol. The molecule has 0 atom stereocenters. The number of ether oxygens (including phenoxy) is 1. The van der Waals surface area contributed by atoms with Gasteiger partial charge in [-0.25, -0.2) is 4.98 Å². The second-order valence-corrected chi connectivity index (χ2v) is 4.24. The molecule has 0 aliphatic carbocycles. The maximum absolute atomic E-state index is 11.9. The molecule has 0 spiro atoms. The molecule has 0 unspecified atom stereocenters. The van der Waals surface area contributed by atoms with Crippen molar-refractivity contribution in [3.05, 3.63) is 18.3 Å². The smallest absolute Gasteiger partial charge is 0.323 e. The van der Waals surface area contributed by atoms with Crippen molar-refractivity contribution < 1.29 is 24.2 Å². The molecule has 0 aromatic carbocycles. The second-order valence-electron chi connectivity index (χ2n) is 4.24. The maximum Gasteiger partial charge on any atom is 0.323 e. The Morgan fingerprint density at radius 3 is 3.00 bits per heavy atom. The Labute approximate surface area is 114 Å². The number of carboxylic acids is 1. The van der Waals surface area contributed by atoms with Crippen LogP contribution in [0.1, 0.15) is 0 Å². The number of fused-ring (bicyclic) bond motifs is 1. The van der Waals surface area contributed by atoms with Gasteiger partial charge in [-0.3, -0.25) is 19.3 Å². The second kappa shape index (κ2) is 5.55. The Kier molecular flexibility index (Phi) is 3.83. The Hall–Kier alpha value is -2.64. The number of hydrogen-bond donors (Lipinski definition) is 1. The molecule has 2 amide bonds. The number of carboxylic acid groups (broad SMARTS) is 1. The van der Waals surface area contributed by atoms with Crippen LogP contribution in [0.15, 0.2) is 18.3 Å². The molecule has 106 valence electrons. The van der Waals surface area contributed by atoms with E-state index in [2.05, 4.69) is 4.98 Å². The van der Waals surface area contributed by atoms with E-state index in [0.29, 0.717) is 5.75 Å². The number of carbonyl (C=O) groups is 3. The van der Waals surface area contributed by atoms with Crippen molar-refractivity contribution in [1.29, 1.82) is 0 Å². The van der Waals surface area contributed by atoms with Gasteiger partial charge in [-0.2, -0.15) is 0 Å². The van der Waals surface area contributed by atoms with Gasteiger partial charge in [-0.15, -0.1) is 0 Å². The highest BCUT2D eigenvalue weighted by Crippen LogP contribution is 2.28. The molecule has 1 aromatic rings. The van der Waals surface area contributed by atoms with Gasteiger partial charge >= 0.3 is 5.97 Å². The van der Waals surface area contributed by atoms with Crippen LogP contribution in [0.5, 0.6) is 5.75 Å². The van der Waals surface area contributed by atoms with Gasteiger partial charge in [-0.1, -0.05) is 0 Å². The number of carbonyl (C=O) groups excluding carboxylic acids is 2. The average Bonchev–Trinajstić information content (AvgIpc) is 2.41. The molecule has 1 aliphatic rings. The van der Waals surface area contributed by atoms with E-state index in [4.69, 9.17) is 9.84 Å². The number of aromatic nitrogens is 1. The Morgan fingerprint density at radius 2 is 2.30 bits per heavy atom. The number of aliphatic carboxylic acids is 1. The van der Waals surface area contributed by atoms with Crippen LogP contribution in [0.2, 0.25) is 0 Å². The molecule has 20 heavy (non-hydrogen) atoms. The summed E-state index contributed by atoms with van der Waals surface area (Å²) < 4.78 is 5.20. The number of rotatable bonds is 4. The van der Waals surface area contributed by atoms with E-state index in [9.17, 15) is 14.4 Å². The fraction of sp³-hybridized carbons (Fsp3) is 0.333. The van der Waals surface area contributed by atoms with Crippen LogP contribution in [-0.4, -0.2) is 59.5 Å². The average molecular weight is 279 g/mol. The first kappa shape index (κ1) is 13.8. The van der Waals surface area contributed by atoms with E-state index < -0.39 is 24.3 Å². The lowest BCUT2D eigenvalue weighted by molar-refractivity contribution is -0.143. The van der Waals surface area contributed by atoms with Gasteiger partial charge < -0.3 is 14.7 Å². The number of hydrogen-bond acceptors (Lipinski definition) is 5. The highest BCUT2D eigenvalue weighted by Gasteiger charge is 2.29. The van der Waals surface area contributed by atoms with Gasteiger partial charge in [0.2, 0.25) is 5.91 Å². The van der Waals surface area contributed by atoms with Gasteiger partial charge in [0.05, 0.1) is 0 Å². The number of likely N-dealkylation sites (N-methyl/N-ethyl adjacent to an activating group) is 1. The zero-order valence-corrected chi connectivity index (χ0v) is 10.8. The summed E-state index contributed by atoms with van der Waals surface area (Å²) in [5.74, 6) is -1.32. The fourth-order valence-electron chi connectivity index (χ4n) is 1.74. The number of nitrogens with zero attached hydrogens (tertiary/aromatic N) is 3. The van der Waals surface area contributed by atoms with Gasteiger partial charge in [0.1, 0.15) is 13.1 Å². The molecule has 2 rings (SSSR count). The zero-order chi connectivity index (χ0) is 14.7.